The molecule has 1 aliphatic rings. The van der Waals surface area contributed by atoms with Crippen LogP contribution in [0, 0.1) is 0 Å². The first-order chi connectivity index (χ1) is 14.4. The first kappa shape index (κ1) is 22.1. The number of piperazine rings is 1. The fraction of sp³-hybridized carbons (Fsp3) is 0.381. The van der Waals surface area contributed by atoms with Gasteiger partial charge in [0.05, 0.1) is 31.8 Å². The predicted octanol–water partition coefficient (Wildman–Crippen LogP) is 2.00. The number of benzene rings is 2. The monoisotopic (exact) mass is 434 g/mol. The molecule has 1 saturated heterocycles. The van der Waals surface area contributed by atoms with E-state index < -0.39 is 16.0 Å². The molecule has 3 rings (SSSR count). The van der Waals surface area contributed by atoms with E-state index in [0.29, 0.717) is 44.2 Å². The Kier molecular flexibility index (Phi) is 6.96. The molecule has 1 heterocycles. The van der Waals surface area contributed by atoms with Gasteiger partial charge in [-0.25, -0.2) is 13.2 Å². The van der Waals surface area contributed by atoms with Crippen LogP contribution in [0.25, 0.3) is 0 Å². The van der Waals surface area contributed by atoms with Crippen molar-refractivity contribution in [3.05, 3.63) is 53.6 Å². The van der Waals surface area contributed by atoms with E-state index in [1.807, 2.05) is 18.2 Å². The van der Waals surface area contributed by atoms with Crippen LogP contribution in [0.1, 0.15) is 15.9 Å². The maximum absolute atomic E-state index is 13.0. The lowest BCUT2D eigenvalue weighted by atomic mass is 10.1. The lowest BCUT2D eigenvalue weighted by molar-refractivity contribution is 0.0600. The molecule has 0 N–H and O–H groups in total. The van der Waals surface area contributed by atoms with Crippen LogP contribution in [-0.2, 0) is 21.3 Å². The molecular formula is C21H26N2O6S. The molecule has 0 saturated carbocycles. The van der Waals surface area contributed by atoms with E-state index in [1.54, 1.807) is 20.3 Å². The molecule has 1 fully saturated rings. The second-order valence-corrected chi connectivity index (χ2v) is 8.83. The third-order valence-corrected chi connectivity index (χ3v) is 6.97. The molecular weight excluding hydrogens is 408 g/mol. The maximum atomic E-state index is 13.0. The van der Waals surface area contributed by atoms with Crippen LogP contribution in [0.5, 0.6) is 11.5 Å². The number of nitrogens with zero attached hydrogens (tertiary/aromatic N) is 2. The molecule has 9 heteroatoms. The first-order valence-electron chi connectivity index (χ1n) is 9.51. The highest BCUT2D eigenvalue weighted by Gasteiger charge is 2.29. The van der Waals surface area contributed by atoms with Crippen molar-refractivity contribution in [3.8, 4) is 11.5 Å². The number of methoxy groups -OCH3 is 3. The Balaban J connectivity index is 1.66. The minimum Gasteiger partial charge on any atom is -0.493 e. The van der Waals surface area contributed by atoms with E-state index in [4.69, 9.17) is 9.47 Å². The van der Waals surface area contributed by atoms with Gasteiger partial charge >= 0.3 is 5.97 Å². The van der Waals surface area contributed by atoms with Crippen molar-refractivity contribution < 1.29 is 27.4 Å². The summed E-state index contributed by atoms with van der Waals surface area (Å²) >= 11 is 0. The molecule has 0 aromatic heterocycles. The second-order valence-electron chi connectivity index (χ2n) is 6.89. The topological polar surface area (TPSA) is 85.4 Å². The molecule has 2 aromatic rings. The van der Waals surface area contributed by atoms with Gasteiger partial charge in [0.1, 0.15) is 0 Å². The van der Waals surface area contributed by atoms with E-state index >= 15 is 0 Å². The highest BCUT2D eigenvalue weighted by Crippen LogP contribution is 2.28. The molecule has 0 unspecified atom stereocenters. The average molecular weight is 435 g/mol. The molecule has 0 atom stereocenters. The van der Waals surface area contributed by atoms with Crippen LogP contribution < -0.4 is 9.47 Å². The molecule has 0 bridgehead atoms. The Bertz CT molecular complexity index is 1000. The fourth-order valence-electron chi connectivity index (χ4n) is 3.42. The fourth-order valence-corrected chi connectivity index (χ4v) is 4.88. The van der Waals surface area contributed by atoms with Gasteiger partial charge < -0.3 is 14.2 Å². The number of esters is 1. The van der Waals surface area contributed by atoms with Crippen LogP contribution >= 0.6 is 0 Å². The van der Waals surface area contributed by atoms with Gasteiger partial charge in [0, 0.05) is 32.7 Å². The van der Waals surface area contributed by atoms with Crippen molar-refractivity contribution in [2.24, 2.45) is 0 Å². The third-order valence-electron chi connectivity index (χ3n) is 5.08. The molecule has 0 aliphatic carbocycles. The minimum atomic E-state index is -3.68. The number of sulfonamides is 1. The lowest BCUT2D eigenvalue weighted by Crippen LogP contribution is -2.48. The quantitative estimate of drug-likeness (QED) is 0.616. The minimum absolute atomic E-state index is 0.0961. The Morgan fingerprint density at radius 2 is 1.63 bits per heavy atom. The van der Waals surface area contributed by atoms with Gasteiger partial charge in [-0.2, -0.15) is 4.31 Å². The van der Waals surface area contributed by atoms with E-state index in [9.17, 15) is 13.2 Å². The van der Waals surface area contributed by atoms with Crippen molar-refractivity contribution in [3.63, 3.8) is 0 Å². The van der Waals surface area contributed by atoms with Crippen molar-refractivity contribution in [1.82, 2.24) is 9.21 Å². The summed E-state index contributed by atoms with van der Waals surface area (Å²) in [5, 5.41) is 0. The zero-order valence-electron chi connectivity index (χ0n) is 17.3. The summed E-state index contributed by atoms with van der Waals surface area (Å²) in [6.07, 6.45) is 0. The highest BCUT2D eigenvalue weighted by atomic mass is 32.2. The molecule has 8 nitrogen and oxygen atoms in total. The smallest absolute Gasteiger partial charge is 0.337 e. The molecule has 2 aromatic carbocycles. The molecule has 0 radical (unpaired) electrons. The van der Waals surface area contributed by atoms with Crippen LogP contribution in [0.15, 0.2) is 47.4 Å². The Hall–Kier alpha value is -2.62. The zero-order valence-corrected chi connectivity index (χ0v) is 18.1. The largest absolute Gasteiger partial charge is 0.493 e. The van der Waals surface area contributed by atoms with Gasteiger partial charge in [-0.15, -0.1) is 0 Å². The number of rotatable bonds is 7. The number of hydrogen-bond acceptors (Lipinski definition) is 7. The lowest BCUT2D eigenvalue weighted by Gasteiger charge is -2.34. The Labute approximate surface area is 177 Å². The van der Waals surface area contributed by atoms with Crippen LogP contribution in [-0.4, -0.2) is 71.1 Å². The highest BCUT2D eigenvalue weighted by molar-refractivity contribution is 7.89. The maximum Gasteiger partial charge on any atom is 0.337 e. The van der Waals surface area contributed by atoms with Crippen molar-refractivity contribution >= 4 is 16.0 Å². The Morgan fingerprint density at radius 3 is 2.27 bits per heavy atom. The Morgan fingerprint density at radius 1 is 0.933 bits per heavy atom. The molecule has 0 amide bonds. The van der Waals surface area contributed by atoms with Crippen molar-refractivity contribution in [2.45, 2.75) is 11.4 Å². The van der Waals surface area contributed by atoms with Gasteiger partial charge in [-0.1, -0.05) is 12.1 Å². The van der Waals surface area contributed by atoms with E-state index in [0.717, 1.165) is 5.56 Å². The van der Waals surface area contributed by atoms with E-state index in [-0.39, 0.29) is 10.5 Å². The summed E-state index contributed by atoms with van der Waals surface area (Å²) in [6, 6.07) is 11.7. The number of hydrogen-bond donors (Lipinski definition) is 0. The SMILES string of the molecule is COC(=O)c1cccc(S(=O)(=O)N2CCN(Cc3ccc(OC)c(OC)c3)CC2)c1. The summed E-state index contributed by atoms with van der Waals surface area (Å²) in [5.74, 6) is 0.778. The summed E-state index contributed by atoms with van der Waals surface area (Å²) in [6.45, 7) is 2.64. The number of ether oxygens (including phenoxy) is 3. The summed E-state index contributed by atoms with van der Waals surface area (Å²) < 4.78 is 42.7. The second kappa shape index (κ2) is 9.46. The molecule has 1 aliphatic heterocycles. The predicted molar refractivity (Wildman–Crippen MR) is 111 cm³/mol. The third kappa shape index (κ3) is 4.75. The van der Waals surface area contributed by atoms with Crippen LogP contribution in [0.2, 0.25) is 0 Å². The van der Waals surface area contributed by atoms with Gasteiger partial charge in [-0.3, -0.25) is 4.90 Å². The standard InChI is InChI=1S/C21H26N2O6S/c1-27-19-8-7-16(13-20(19)28-2)15-22-9-11-23(12-10-22)30(25,26)18-6-4-5-17(14-18)21(24)29-3/h4-8,13-14H,9-12,15H2,1-3H3. The van der Waals surface area contributed by atoms with Crippen molar-refractivity contribution in [2.75, 3.05) is 47.5 Å². The first-order valence-corrected chi connectivity index (χ1v) is 10.9. The average Bonchev–Trinajstić information content (AvgIpc) is 2.78. The summed E-state index contributed by atoms with van der Waals surface area (Å²) in [5.41, 5.74) is 1.28. The van der Waals surface area contributed by atoms with Crippen LogP contribution in [0.3, 0.4) is 0 Å². The van der Waals surface area contributed by atoms with E-state index in [2.05, 4.69) is 9.64 Å². The van der Waals surface area contributed by atoms with Gasteiger partial charge in [0.25, 0.3) is 0 Å². The van der Waals surface area contributed by atoms with Gasteiger partial charge in [0.2, 0.25) is 10.0 Å². The molecule has 0 spiro atoms. The van der Waals surface area contributed by atoms with Crippen molar-refractivity contribution in [1.29, 1.82) is 0 Å². The van der Waals surface area contributed by atoms with Gasteiger partial charge in [-0.05, 0) is 35.9 Å². The molecule has 162 valence electrons. The number of carbonyl (C=O) groups excluding carboxylic acids is 1. The van der Waals surface area contributed by atoms with E-state index in [1.165, 1.54) is 29.6 Å². The summed E-state index contributed by atoms with van der Waals surface area (Å²) in [7, 11) is 0.778. The zero-order chi connectivity index (χ0) is 21.7. The van der Waals surface area contributed by atoms with Gasteiger partial charge in [0.15, 0.2) is 11.5 Å². The normalized spacial score (nSPS) is 15.6. The number of carbonyl (C=O) groups is 1. The van der Waals surface area contributed by atoms with Crippen LogP contribution in [0.4, 0.5) is 0 Å². The summed E-state index contributed by atoms with van der Waals surface area (Å²) in [4.78, 5) is 14.0. The molecule has 30 heavy (non-hydrogen) atoms.